The average Bonchev–Trinajstić information content (AvgIpc) is 2.38. The summed E-state index contributed by atoms with van der Waals surface area (Å²) in [5.41, 5.74) is 8.07. The van der Waals surface area contributed by atoms with Crippen LogP contribution in [-0.4, -0.2) is 5.91 Å². The largest absolute Gasteiger partial charge is 0.369 e. The van der Waals surface area contributed by atoms with Crippen molar-refractivity contribution in [3.63, 3.8) is 0 Å². The molecule has 0 aliphatic heterocycles. The minimum absolute atomic E-state index is 0.439. The summed E-state index contributed by atoms with van der Waals surface area (Å²) in [6, 6.07) is 12.3. The molecule has 2 aromatic carbocycles. The van der Waals surface area contributed by atoms with Crippen LogP contribution in [0.1, 0.15) is 17.2 Å². The van der Waals surface area contributed by atoms with Gasteiger partial charge >= 0.3 is 0 Å². The van der Waals surface area contributed by atoms with Gasteiger partial charge in [0.1, 0.15) is 6.04 Å². The molecule has 2 rings (SSSR count). The van der Waals surface area contributed by atoms with Crippen LogP contribution in [0.3, 0.4) is 0 Å². The number of nitrogens with two attached hydrogens (primary N) is 1. The first-order chi connectivity index (χ1) is 9.49. The number of hydrogen-bond donors (Lipinski definition) is 2. The molecule has 0 heterocycles. The molecule has 0 radical (unpaired) electrons. The van der Waals surface area contributed by atoms with Gasteiger partial charge in [0.15, 0.2) is 0 Å². The van der Waals surface area contributed by atoms with Gasteiger partial charge in [-0.15, -0.1) is 0 Å². The summed E-state index contributed by atoms with van der Waals surface area (Å²) < 4.78 is 0.873. The number of anilines is 1. The smallest absolute Gasteiger partial charge is 0.244 e. The number of primary amides is 1. The molecule has 1 amide bonds. The molecule has 0 saturated carbocycles. The summed E-state index contributed by atoms with van der Waals surface area (Å²) >= 11 is 9.38. The number of carbonyl (C=O) groups is 1. The maximum Gasteiger partial charge on any atom is 0.244 e. The molecule has 3 nitrogen and oxygen atoms in total. The Labute approximate surface area is 131 Å². The molecule has 0 bridgehead atoms. The lowest BCUT2D eigenvalue weighted by Gasteiger charge is -2.20. The molecule has 20 heavy (non-hydrogen) atoms. The van der Waals surface area contributed by atoms with Crippen molar-refractivity contribution in [1.29, 1.82) is 0 Å². The Bertz CT molecular complexity index is 646. The van der Waals surface area contributed by atoms with Crippen LogP contribution in [-0.2, 0) is 4.79 Å². The Kier molecular flexibility index (Phi) is 4.68. The summed E-state index contributed by atoms with van der Waals surface area (Å²) in [6.07, 6.45) is 0. The van der Waals surface area contributed by atoms with Gasteiger partial charge in [0, 0.05) is 15.2 Å². The van der Waals surface area contributed by atoms with Crippen LogP contribution >= 0.6 is 27.5 Å². The Balaban J connectivity index is 2.37. The normalized spacial score (nSPS) is 11.9. The summed E-state index contributed by atoms with van der Waals surface area (Å²) in [7, 11) is 0. The van der Waals surface area contributed by atoms with E-state index in [2.05, 4.69) is 21.2 Å². The monoisotopic (exact) mass is 352 g/mol. The number of rotatable bonds is 4. The number of para-hydroxylation sites is 1. The summed E-state index contributed by atoms with van der Waals surface area (Å²) in [5, 5.41) is 3.79. The molecule has 1 atom stereocenters. The standard InChI is InChI=1S/C15H14BrClN2O/c1-9-8-10(17)6-7-11(9)14(15(18)20)19-13-5-3-2-4-12(13)16/h2-8,14,19H,1H3,(H2,18,20). The number of halogens is 2. The maximum atomic E-state index is 11.8. The van der Waals surface area contributed by atoms with E-state index < -0.39 is 11.9 Å². The van der Waals surface area contributed by atoms with E-state index >= 15 is 0 Å². The van der Waals surface area contributed by atoms with Crippen molar-refractivity contribution in [3.05, 3.63) is 63.1 Å². The van der Waals surface area contributed by atoms with Crippen molar-refractivity contribution in [3.8, 4) is 0 Å². The molecule has 0 aliphatic rings. The van der Waals surface area contributed by atoms with Gasteiger partial charge in [-0.25, -0.2) is 0 Å². The molecule has 104 valence electrons. The minimum Gasteiger partial charge on any atom is -0.369 e. The first-order valence-electron chi connectivity index (χ1n) is 6.05. The molecule has 1 unspecified atom stereocenters. The van der Waals surface area contributed by atoms with Crippen LogP contribution < -0.4 is 11.1 Å². The second-order valence-electron chi connectivity index (χ2n) is 4.46. The third-order valence-electron chi connectivity index (χ3n) is 3.00. The molecule has 3 N–H and O–H groups in total. The van der Waals surface area contributed by atoms with Gasteiger partial charge in [-0.2, -0.15) is 0 Å². The third-order valence-corrected chi connectivity index (χ3v) is 3.93. The molecule has 0 spiro atoms. The molecular weight excluding hydrogens is 340 g/mol. The minimum atomic E-state index is -0.606. The van der Waals surface area contributed by atoms with Crippen molar-refractivity contribution in [2.75, 3.05) is 5.32 Å². The number of amides is 1. The number of aryl methyl sites for hydroxylation is 1. The Morgan fingerprint density at radius 2 is 2.00 bits per heavy atom. The topological polar surface area (TPSA) is 55.1 Å². The van der Waals surface area contributed by atoms with Crippen LogP contribution in [0.4, 0.5) is 5.69 Å². The molecule has 0 saturated heterocycles. The summed E-state index contributed by atoms with van der Waals surface area (Å²) in [4.78, 5) is 11.8. The van der Waals surface area contributed by atoms with Crippen LogP contribution in [0.5, 0.6) is 0 Å². The third kappa shape index (κ3) is 3.32. The van der Waals surface area contributed by atoms with E-state index in [0.717, 1.165) is 21.3 Å². The number of benzene rings is 2. The average molecular weight is 354 g/mol. The van der Waals surface area contributed by atoms with E-state index in [0.29, 0.717) is 5.02 Å². The molecular formula is C15H14BrClN2O. The first-order valence-corrected chi connectivity index (χ1v) is 7.22. The van der Waals surface area contributed by atoms with Crippen molar-refractivity contribution >= 4 is 39.1 Å². The van der Waals surface area contributed by atoms with E-state index in [1.807, 2.05) is 43.3 Å². The highest BCUT2D eigenvalue weighted by atomic mass is 79.9. The highest BCUT2D eigenvalue weighted by Gasteiger charge is 2.20. The fraction of sp³-hybridized carbons (Fsp3) is 0.133. The summed E-state index contributed by atoms with van der Waals surface area (Å²) in [5.74, 6) is -0.439. The SMILES string of the molecule is Cc1cc(Cl)ccc1C(Nc1ccccc1Br)C(N)=O. The number of hydrogen-bond acceptors (Lipinski definition) is 2. The fourth-order valence-electron chi connectivity index (χ4n) is 2.00. The quantitative estimate of drug-likeness (QED) is 0.871. The number of nitrogens with one attached hydrogen (secondary N) is 1. The van der Waals surface area contributed by atoms with Crippen LogP contribution in [0.25, 0.3) is 0 Å². The maximum absolute atomic E-state index is 11.8. The van der Waals surface area contributed by atoms with Crippen LogP contribution in [0, 0.1) is 6.92 Å². The zero-order valence-electron chi connectivity index (χ0n) is 10.9. The van der Waals surface area contributed by atoms with Gasteiger partial charge in [0.05, 0.1) is 0 Å². The van der Waals surface area contributed by atoms with Gasteiger partial charge in [-0.05, 0) is 58.2 Å². The van der Waals surface area contributed by atoms with Gasteiger partial charge in [0.25, 0.3) is 0 Å². The molecule has 0 fully saturated rings. The zero-order chi connectivity index (χ0) is 14.7. The van der Waals surface area contributed by atoms with E-state index in [9.17, 15) is 4.79 Å². The van der Waals surface area contributed by atoms with Crippen LogP contribution in [0.2, 0.25) is 5.02 Å². The number of carbonyl (C=O) groups excluding carboxylic acids is 1. The predicted octanol–water partition coefficient (Wildman–Crippen LogP) is 4.05. The van der Waals surface area contributed by atoms with E-state index in [-0.39, 0.29) is 0 Å². The predicted molar refractivity (Wildman–Crippen MR) is 85.9 cm³/mol. The first kappa shape index (κ1) is 14.9. The molecule has 0 aliphatic carbocycles. The zero-order valence-corrected chi connectivity index (χ0v) is 13.2. The lowest BCUT2D eigenvalue weighted by Crippen LogP contribution is -2.28. The highest BCUT2D eigenvalue weighted by molar-refractivity contribution is 9.10. The highest BCUT2D eigenvalue weighted by Crippen LogP contribution is 2.28. The van der Waals surface area contributed by atoms with Gasteiger partial charge in [0.2, 0.25) is 5.91 Å². The fourth-order valence-corrected chi connectivity index (χ4v) is 2.62. The van der Waals surface area contributed by atoms with Gasteiger partial charge < -0.3 is 11.1 Å². The van der Waals surface area contributed by atoms with E-state index in [4.69, 9.17) is 17.3 Å². The van der Waals surface area contributed by atoms with E-state index in [1.54, 1.807) is 6.07 Å². The van der Waals surface area contributed by atoms with Crippen molar-refractivity contribution < 1.29 is 4.79 Å². The lowest BCUT2D eigenvalue weighted by molar-refractivity contribution is -0.118. The van der Waals surface area contributed by atoms with Crippen molar-refractivity contribution in [2.24, 2.45) is 5.73 Å². The van der Waals surface area contributed by atoms with E-state index in [1.165, 1.54) is 0 Å². The van der Waals surface area contributed by atoms with Crippen LogP contribution in [0.15, 0.2) is 46.9 Å². The lowest BCUT2D eigenvalue weighted by atomic mass is 10.0. The second-order valence-corrected chi connectivity index (χ2v) is 5.75. The second kappa shape index (κ2) is 6.29. The molecule has 5 heteroatoms. The Morgan fingerprint density at radius 1 is 1.30 bits per heavy atom. The molecule has 2 aromatic rings. The Hall–Kier alpha value is -1.52. The van der Waals surface area contributed by atoms with Crippen molar-refractivity contribution in [2.45, 2.75) is 13.0 Å². The van der Waals surface area contributed by atoms with Gasteiger partial charge in [-0.1, -0.05) is 29.8 Å². The Morgan fingerprint density at radius 3 is 2.60 bits per heavy atom. The van der Waals surface area contributed by atoms with Gasteiger partial charge in [-0.3, -0.25) is 4.79 Å². The van der Waals surface area contributed by atoms with Crippen molar-refractivity contribution in [1.82, 2.24) is 0 Å². The molecule has 0 aromatic heterocycles. The summed E-state index contributed by atoms with van der Waals surface area (Å²) in [6.45, 7) is 1.90.